The van der Waals surface area contributed by atoms with E-state index in [4.69, 9.17) is 0 Å². The van der Waals surface area contributed by atoms with Gasteiger partial charge >= 0.3 is 0 Å². The number of aryl methyl sites for hydroxylation is 2. The van der Waals surface area contributed by atoms with Gasteiger partial charge in [0.25, 0.3) is 0 Å². The van der Waals surface area contributed by atoms with E-state index in [0.29, 0.717) is 11.8 Å². The van der Waals surface area contributed by atoms with Crippen molar-refractivity contribution in [1.29, 1.82) is 0 Å². The molecule has 0 aliphatic heterocycles. The Balaban J connectivity index is 1.97. The summed E-state index contributed by atoms with van der Waals surface area (Å²) in [5.41, 5.74) is 12.8. The molecule has 0 radical (unpaired) electrons. The summed E-state index contributed by atoms with van der Waals surface area (Å²) in [4.78, 5) is 0. The maximum atomic E-state index is 2.45. The molecule has 0 fully saturated rings. The standard InChI is InChI=1S/C26H30N/c1-16(2)22-14-25(27(6)15-24(22)17(3)4)26-18(5)11-12-21-20-10-8-7-9-19(20)13-23(21)26/h7-12,14-17H,13H2,1-6H3/q+1. The van der Waals surface area contributed by atoms with Gasteiger partial charge in [-0.3, -0.25) is 0 Å². The third-order valence-corrected chi connectivity index (χ3v) is 6.03. The zero-order valence-corrected chi connectivity index (χ0v) is 17.4. The van der Waals surface area contributed by atoms with E-state index < -0.39 is 0 Å². The molecule has 1 aliphatic rings. The van der Waals surface area contributed by atoms with Gasteiger partial charge in [-0.15, -0.1) is 0 Å². The molecule has 3 aromatic rings. The highest BCUT2D eigenvalue weighted by atomic mass is 14.9. The van der Waals surface area contributed by atoms with Gasteiger partial charge in [-0.2, -0.15) is 0 Å². The summed E-state index contributed by atoms with van der Waals surface area (Å²) < 4.78 is 2.34. The molecular weight excluding hydrogens is 326 g/mol. The summed E-state index contributed by atoms with van der Waals surface area (Å²) in [5.74, 6) is 1.06. The van der Waals surface area contributed by atoms with Gasteiger partial charge in [0.15, 0.2) is 6.20 Å². The molecule has 0 saturated carbocycles. The molecule has 4 rings (SSSR count). The normalized spacial score (nSPS) is 12.6. The predicted octanol–water partition coefficient (Wildman–Crippen LogP) is 6.30. The lowest BCUT2D eigenvalue weighted by molar-refractivity contribution is -0.661. The summed E-state index contributed by atoms with van der Waals surface area (Å²) in [6.07, 6.45) is 3.39. The van der Waals surface area contributed by atoms with E-state index in [1.165, 1.54) is 50.2 Å². The lowest BCUT2D eigenvalue weighted by Gasteiger charge is -2.17. The third-order valence-electron chi connectivity index (χ3n) is 6.03. The number of hydrogen-bond donors (Lipinski definition) is 0. The fourth-order valence-electron chi connectivity index (χ4n) is 4.60. The minimum absolute atomic E-state index is 0.525. The third kappa shape index (κ3) is 2.90. The monoisotopic (exact) mass is 356 g/mol. The van der Waals surface area contributed by atoms with Crippen LogP contribution in [0.1, 0.15) is 67.3 Å². The van der Waals surface area contributed by atoms with Crippen LogP contribution in [-0.4, -0.2) is 0 Å². The fraction of sp³-hybridized carbons (Fsp3) is 0.346. The Morgan fingerprint density at radius 1 is 0.852 bits per heavy atom. The van der Waals surface area contributed by atoms with Crippen LogP contribution in [0.5, 0.6) is 0 Å². The highest BCUT2D eigenvalue weighted by Gasteiger charge is 2.27. The van der Waals surface area contributed by atoms with Crippen molar-refractivity contribution in [3.05, 3.63) is 76.5 Å². The minimum atomic E-state index is 0.525. The smallest absolute Gasteiger partial charge is 0.201 e. The summed E-state index contributed by atoms with van der Waals surface area (Å²) in [7, 11) is 2.20. The average molecular weight is 357 g/mol. The maximum Gasteiger partial charge on any atom is 0.213 e. The molecule has 0 spiro atoms. The highest BCUT2D eigenvalue weighted by molar-refractivity contribution is 5.85. The topological polar surface area (TPSA) is 3.88 Å². The van der Waals surface area contributed by atoms with Crippen molar-refractivity contribution < 1.29 is 4.57 Å². The molecule has 1 heteroatoms. The molecule has 2 aromatic carbocycles. The van der Waals surface area contributed by atoms with Crippen molar-refractivity contribution in [2.75, 3.05) is 0 Å². The zero-order valence-electron chi connectivity index (χ0n) is 17.4. The Kier molecular flexibility index (Phi) is 4.42. The van der Waals surface area contributed by atoms with Gasteiger partial charge in [0.05, 0.1) is 5.56 Å². The maximum absolute atomic E-state index is 2.45. The van der Waals surface area contributed by atoms with E-state index in [1.807, 2.05) is 0 Å². The summed E-state index contributed by atoms with van der Waals surface area (Å²) >= 11 is 0. The predicted molar refractivity (Wildman–Crippen MR) is 114 cm³/mol. The molecule has 0 bridgehead atoms. The Morgan fingerprint density at radius 3 is 2.26 bits per heavy atom. The van der Waals surface area contributed by atoms with Crippen LogP contribution in [0, 0.1) is 6.92 Å². The van der Waals surface area contributed by atoms with Crippen molar-refractivity contribution in [2.24, 2.45) is 7.05 Å². The van der Waals surface area contributed by atoms with E-state index in [2.05, 4.69) is 94.9 Å². The van der Waals surface area contributed by atoms with E-state index in [1.54, 1.807) is 0 Å². The quantitative estimate of drug-likeness (QED) is 0.379. The number of aromatic nitrogens is 1. The molecule has 0 unspecified atom stereocenters. The van der Waals surface area contributed by atoms with Crippen molar-refractivity contribution in [3.63, 3.8) is 0 Å². The first kappa shape index (κ1) is 18.0. The number of hydrogen-bond acceptors (Lipinski definition) is 0. The van der Waals surface area contributed by atoms with Crippen molar-refractivity contribution >= 4 is 0 Å². The molecule has 27 heavy (non-hydrogen) atoms. The van der Waals surface area contributed by atoms with Gasteiger partial charge in [0.1, 0.15) is 7.05 Å². The molecule has 0 N–H and O–H groups in total. The largest absolute Gasteiger partial charge is 0.213 e. The van der Waals surface area contributed by atoms with E-state index in [0.717, 1.165) is 6.42 Å². The van der Waals surface area contributed by atoms with Crippen LogP contribution < -0.4 is 4.57 Å². The number of fused-ring (bicyclic) bond motifs is 3. The Hall–Kier alpha value is -2.41. The minimum Gasteiger partial charge on any atom is -0.201 e. The first-order valence-electron chi connectivity index (χ1n) is 10.1. The summed E-state index contributed by atoms with van der Waals surface area (Å²) in [6.45, 7) is 11.5. The van der Waals surface area contributed by atoms with Crippen LogP contribution in [0.25, 0.3) is 22.4 Å². The second kappa shape index (κ2) is 6.64. The first-order chi connectivity index (χ1) is 12.9. The van der Waals surface area contributed by atoms with Crippen LogP contribution in [0.3, 0.4) is 0 Å². The summed E-state index contributed by atoms with van der Waals surface area (Å²) in [6, 6.07) is 15.9. The van der Waals surface area contributed by atoms with Gasteiger partial charge in [0.2, 0.25) is 5.69 Å². The van der Waals surface area contributed by atoms with Gasteiger partial charge in [-0.1, -0.05) is 64.1 Å². The molecule has 1 aliphatic carbocycles. The lowest BCUT2D eigenvalue weighted by Crippen LogP contribution is -2.33. The lowest BCUT2D eigenvalue weighted by atomic mass is 9.88. The van der Waals surface area contributed by atoms with E-state index in [9.17, 15) is 0 Å². The molecule has 138 valence electrons. The molecule has 1 nitrogen and oxygen atoms in total. The van der Waals surface area contributed by atoms with Gasteiger partial charge in [-0.05, 0) is 58.6 Å². The van der Waals surface area contributed by atoms with Crippen molar-refractivity contribution in [1.82, 2.24) is 0 Å². The Morgan fingerprint density at radius 2 is 1.56 bits per heavy atom. The first-order valence-corrected chi connectivity index (χ1v) is 10.1. The number of benzene rings is 2. The molecule has 0 saturated heterocycles. The molecule has 1 aromatic heterocycles. The SMILES string of the molecule is Cc1ccc2c(c1-c1cc(C(C)C)c(C(C)C)c[n+]1C)Cc1ccccc1-2. The Labute approximate surface area is 163 Å². The van der Waals surface area contributed by atoms with Crippen molar-refractivity contribution in [2.45, 2.75) is 52.9 Å². The Bertz CT molecular complexity index is 1020. The van der Waals surface area contributed by atoms with Crippen LogP contribution in [0.2, 0.25) is 0 Å². The number of pyridine rings is 1. The molecule has 1 heterocycles. The van der Waals surface area contributed by atoms with Crippen molar-refractivity contribution in [3.8, 4) is 22.4 Å². The second-order valence-electron chi connectivity index (χ2n) is 8.61. The van der Waals surface area contributed by atoms with Crippen LogP contribution in [0.4, 0.5) is 0 Å². The van der Waals surface area contributed by atoms with E-state index >= 15 is 0 Å². The van der Waals surface area contributed by atoms with Gasteiger partial charge in [0, 0.05) is 11.6 Å². The fourth-order valence-corrected chi connectivity index (χ4v) is 4.60. The van der Waals surface area contributed by atoms with Crippen LogP contribution in [0.15, 0.2) is 48.7 Å². The van der Waals surface area contributed by atoms with Crippen LogP contribution >= 0.6 is 0 Å². The van der Waals surface area contributed by atoms with E-state index in [-0.39, 0.29) is 0 Å². The second-order valence-corrected chi connectivity index (χ2v) is 8.61. The molecular formula is C26H30N+. The average Bonchev–Trinajstić information content (AvgIpc) is 3.00. The molecule has 0 amide bonds. The van der Waals surface area contributed by atoms with Gasteiger partial charge in [-0.25, -0.2) is 4.57 Å². The summed E-state index contributed by atoms with van der Waals surface area (Å²) in [5, 5.41) is 0. The zero-order chi connectivity index (χ0) is 19.3. The molecule has 0 atom stereocenters. The highest BCUT2D eigenvalue weighted by Crippen LogP contribution is 2.42. The number of nitrogens with zero attached hydrogens (tertiary/aromatic N) is 1. The van der Waals surface area contributed by atoms with Gasteiger partial charge < -0.3 is 0 Å². The van der Waals surface area contributed by atoms with Crippen LogP contribution in [-0.2, 0) is 13.5 Å². The number of rotatable bonds is 3.